The minimum Gasteiger partial charge on any atom is -0.497 e. The number of hydrogen-bond donors (Lipinski definition) is 3. The highest BCUT2D eigenvalue weighted by atomic mass is 16.5. The maximum absolute atomic E-state index is 13.6. The summed E-state index contributed by atoms with van der Waals surface area (Å²) >= 11 is 0. The summed E-state index contributed by atoms with van der Waals surface area (Å²) in [5, 5.41) is 15.7. The number of aromatic amines is 1. The van der Waals surface area contributed by atoms with Gasteiger partial charge in [0, 0.05) is 44.4 Å². The molecule has 9 heteroatoms. The van der Waals surface area contributed by atoms with Crippen LogP contribution in [-0.4, -0.2) is 59.6 Å². The van der Waals surface area contributed by atoms with Gasteiger partial charge in [-0.3, -0.25) is 4.79 Å². The molecule has 0 saturated carbocycles. The summed E-state index contributed by atoms with van der Waals surface area (Å²) in [7, 11) is 1.60. The standard InChI is InChI=1S/C28H32N6O3/c1-37-24-9-7-21(8-10-24)17-25(33-27(36)31-14-11-23-18-30-20-32-23)26(35)34-15-12-28(19-29,13-16-34)22-5-3-2-4-6-22/h2-10,18,20,25H,11-17H2,1H3,(H,30,32)(H2,31,33,36). The van der Waals surface area contributed by atoms with Gasteiger partial charge in [0.2, 0.25) is 5.91 Å². The lowest BCUT2D eigenvalue weighted by Crippen LogP contribution is -2.55. The van der Waals surface area contributed by atoms with Crippen molar-refractivity contribution in [2.75, 3.05) is 26.7 Å². The number of hydrogen-bond acceptors (Lipinski definition) is 5. The molecule has 1 aromatic heterocycles. The van der Waals surface area contributed by atoms with E-state index in [9.17, 15) is 14.9 Å². The average Bonchev–Trinajstić information content (AvgIpc) is 3.47. The molecule has 0 bridgehead atoms. The smallest absolute Gasteiger partial charge is 0.315 e. The number of aromatic nitrogens is 2. The van der Waals surface area contributed by atoms with Crippen molar-refractivity contribution in [1.82, 2.24) is 25.5 Å². The minimum atomic E-state index is -0.744. The Balaban J connectivity index is 1.42. The molecule has 9 nitrogen and oxygen atoms in total. The third-order valence-electron chi connectivity index (χ3n) is 6.91. The van der Waals surface area contributed by atoms with Crippen LogP contribution >= 0.6 is 0 Å². The SMILES string of the molecule is COc1ccc(CC(NC(=O)NCCc2cnc[nH]2)C(=O)N2CCC(C#N)(c3ccccc3)CC2)cc1. The van der Waals surface area contributed by atoms with Crippen molar-refractivity contribution in [3.05, 3.63) is 83.9 Å². The number of likely N-dealkylation sites (tertiary alicyclic amines) is 1. The van der Waals surface area contributed by atoms with Gasteiger partial charge in [0.1, 0.15) is 11.8 Å². The number of ether oxygens (including phenoxy) is 1. The molecule has 4 rings (SSSR count). The summed E-state index contributed by atoms with van der Waals surface area (Å²) in [5.41, 5.74) is 2.19. The molecular weight excluding hydrogens is 468 g/mol. The van der Waals surface area contributed by atoms with Gasteiger partial charge in [-0.2, -0.15) is 5.26 Å². The Hall–Kier alpha value is -4.32. The molecule has 1 unspecified atom stereocenters. The Kier molecular flexibility index (Phi) is 8.41. The van der Waals surface area contributed by atoms with E-state index in [-0.39, 0.29) is 5.91 Å². The van der Waals surface area contributed by atoms with Crippen molar-refractivity contribution in [2.45, 2.75) is 37.1 Å². The maximum Gasteiger partial charge on any atom is 0.315 e. The normalized spacial score (nSPS) is 15.3. The molecule has 2 aromatic carbocycles. The van der Waals surface area contributed by atoms with Crippen LogP contribution in [0, 0.1) is 11.3 Å². The molecule has 37 heavy (non-hydrogen) atoms. The molecule has 0 radical (unpaired) electrons. The first-order chi connectivity index (χ1) is 18.0. The zero-order chi connectivity index (χ0) is 26.1. The number of H-pyrrole nitrogens is 1. The zero-order valence-corrected chi connectivity index (χ0v) is 20.9. The second-order valence-corrected chi connectivity index (χ2v) is 9.22. The third-order valence-corrected chi connectivity index (χ3v) is 6.91. The number of rotatable bonds is 9. The van der Waals surface area contributed by atoms with E-state index in [4.69, 9.17) is 4.74 Å². The average molecular weight is 501 g/mol. The third kappa shape index (κ3) is 6.47. The zero-order valence-electron chi connectivity index (χ0n) is 20.9. The Morgan fingerprint density at radius 3 is 2.51 bits per heavy atom. The molecule has 1 aliphatic heterocycles. The van der Waals surface area contributed by atoms with Crippen LogP contribution in [0.1, 0.15) is 29.7 Å². The molecule has 192 valence electrons. The van der Waals surface area contributed by atoms with Crippen molar-refractivity contribution in [3.8, 4) is 11.8 Å². The Bertz CT molecular complexity index is 1200. The summed E-state index contributed by atoms with van der Waals surface area (Å²) in [6, 6.07) is 18.6. The van der Waals surface area contributed by atoms with Gasteiger partial charge in [0.15, 0.2) is 0 Å². The highest BCUT2D eigenvalue weighted by molar-refractivity contribution is 5.87. The number of carbonyl (C=O) groups is 2. The fourth-order valence-electron chi connectivity index (χ4n) is 4.69. The fourth-order valence-corrected chi connectivity index (χ4v) is 4.69. The van der Waals surface area contributed by atoms with Crippen LogP contribution in [0.2, 0.25) is 0 Å². The van der Waals surface area contributed by atoms with Gasteiger partial charge in [-0.1, -0.05) is 42.5 Å². The molecule has 1 atom stereocenters. The quantitative estimate of drug-likeness (QED) is 0.417. The van der Waals surface area contributed by atoms with Crippen LogP contribution in [-0.2, 0) is 23.1 Å². The molecule has 1 saturated heterocycles. The van der Waals surface area contributed by atoms with Crippen LogP contribution in [0.15, 0.2) is 67.1 Å². The number of nitriles is 1. The molecule has 2 heterocycles. The van der Waals surface area contributed by atoms with E-state index < -0.39 is 17.5 Å². The van der Waals surface area contributed by atoms with E-state index in [1.165, 1.54) is 0 Å². The van der Waals surface area contributed by atoms with Crippen molar-refractivity contribution >= 4 is 11.9 Å². The molecule has 3 aromatic rings. The van der Waals surface area contributed by atoms with Crippen LogP contribution in [0.3, 0.4) is 0 Å². The van der Waals surface area contributed by atoms with Crippen molar-refractivity contribution in [2.24, 2.45) is 0 Å². The number of benzene rings is 2. The van der Waals surface area contributed by atoms with Crippen LogP contribution in [0.4, 0.5) is 4.79 Å². The fraction of sp³-hybridized carbons (Fsp3) is 0.357. The number of urea groups is 1. The number of nitrogens with zero attached hydrogens (tertiary/aromatic N) is 3. The Morgan fingerprint density at radius 1 is 1.16 bits per heavy atom. The second-order valence-electron chi connectivity index (χ2n) is 9.22. The topological polar surface area (TPSA) is 123 Å². The largest absolute Gasteiger partial charge is 0.497 e. The van der Waals surface area contributed by atoms with Crippen molar-refractivity contribution in [1.29, 1.82) is 5.26 Å². The van der Waals surface area contributed by atoms with E-state index in [1.54, 1.807) is 24.5 Å². The van der Waals surface area contributed by atoms with Gasteiger partial charge < -0.3 is 25.3 Å². The van der Waals surface area contributed by atoms with E-state index in [0.717, 1.165) is 22.6 Å². The molecular formula is C28H32N6O3. The maximum atomic E-state index is 13.6. The summed E-state index contributed by atoms with van der Waals surface area (Å²) in [6.45, 7) is 1.30. The van der Waals surface area contributed by atoms with Gasteiger partial charge in [-0.05, 0) is 36.1 Å². The van der Waals surface area contributed by atoms with Gasteiger partial charge in [-0.15, -0.1) is 0 Å². The Morgan fingerprint density at radius 2 is 1.89 bits per heavy atom. The summed E-state index contributed by atoms with van der Waals surface area (Å²) < 4.78 is 5.23. The van der Waals surface area contributed by atoms with Gasteiger partial charge in [0.25, 0.3) is 0 Å². The summed E-state index contributed by atoms with van der Waals surface area (Å²) in [5.74, 6) is 0.569. The number of carbonyl (C=O) groups excluding carboxylic acids is 2. The Labute approximate surface area is 216 Å². The van der Waals surface area contributed by atoms with E-state index in [2.05, 4.69) is 26.7 Å². The van der Waals surface area contributed by atoms with Crippen molar-refractivity contribution in [3.63, 3.8) is 0 Å². The highest BCUT2D eigenvalue weighted by Crippen LogP contribution is 2.35. The number of imidazole rings is 1. The lowest BCUT2D eigenvalue weighted by atomic mass is 9.74. The number of nitrogens with one attached hydrogen (secondary N) is 3. The van der Waals surface area contributed by atoms with E-state index in [0.29, 0.717) is 45.3 Å². The monoisotopic (exact) mass is 500 g/mol. The number of amides is 3. The lowest BCUT2D eigenvalue weighted by Gasteiger charge is -2.39. The van der Waals surface area contributed by atoms with Gasteiger partial charge >= 0.3 is 6.03 Å². The van der Waals surface area contributed by atoms with Crippen LogP contribution < -0.4 is 15.4 Å². The molecule has 3 N–H and O–H groups in total. The molecule has 0 spiro atoms. The second kappa shape index (κ2) is 12.1. The predicted molar refractivity (Wildman–Crippen MR) is 139 cm³/mol. The summed E-state index contributed by atoms with van der Waals surface area (Å²) in [4.78, 5) is 35.1. The highest BCUT2D eigenvalue weighted by Gasteiger charge is 2.39. The lowest BCUT2D eigenvalue weighted by molar-refractivity contribution is -0.134. The van der Waals surface area contributed by atoms with Gasteiger partial charge in [-0.25, -0.2) is 9.78 Å². The minimum absolute atomic E-state index is 0.154. The first kappa shape index (κ1) is 25.8. The number of piperidine rings is 1. The summed E-state index contributed by atoms with van der Waals surface area (Å²) in [6.07, 6.45) is 5.34. The van der Waals surface area contributed by atoms with Crippen molar-refractivity contribution < 1.29 is 14.3 Å². The predicted octanol–water partition coefficient (Wildman–Crippen LogP) is 2.96. The van der Waals surface area contributed by atoms with Gasteiger partial charge in [0.05, 0.1) is 24.9 Å². The molecule has 3 amide bonds. The van der Waals surface area contributed by atoms with Crippen LogP contribution in [0.25, 0.3) is 0 Å². The molecule has 0 aliphatic carbocycles. The molecule has 1 fully saturated rings. The first-order valence-electron chi connectivity index (χ1n) is 12.4. The van der Waals surface area contributed by atoms with E-state index in [1.807, 2.05) is 54.6 Å². The van der Waals surface area contributed by atoms with Crippen LogP contribution in [0.5, 0.6) is 5.75 Å². The number of methoxy groups -OCH3 is 1. The first-order valence-corrected chi connectivity index (χ1v) is 12.4. The van der Waals surface area contributed by atoms with E-state index >= 15 is 0 Å². The molecule has 1 aliphatic rings.